The monoisotopic (exact) mass is 283 g/mol. The van der Waals surface area contributed by atoms with Gasteiger partial charge in [0.05, 0.1) is 13.6 Å². The second kappa shape index (κ2) is 8.10. The van der Waals surface area contributed by atoms with Crippen molar-refractivity contribution < 1.29 is 26.4 Å². The minimum absolute atomic E-state index is 0. The Bertz CT molecular complexity index is 408. The van der Waals surface area contributed by atoms with Gasteiger partial charge in [-0.25, -0.2) is 0 Å². The van der Waals surface area contributed by atoms with Crippen LogP contribution in [0.5, 0.6) is 0 Å². The van der Waals surface area contributed by atoms with E-state index in [0.29, 0.717) is 4.48 Å². The van der Waals surface area contributed by atoms with Gasteiger partial charge in [0.2, 0.25) is 5.78 Å². The standard InChI is InChI=1S/C15H22NO2.ClH/c1-5-14(17)15(18-4)16(3,6-2)12-13-10-8-7-9-11-13;/h5,7-11,15H,1,6,12H2,2-4H3;1H/q+1;/p-1. The summed E-state index contributed by atoms with van der Waals surface area (Å²) in [6.45, 7) is 7.18. The zero-order valence-corrected chi connectivity index (χ0v) is 12.6. The van der Waals surface area contributed by atoms with Crippen LogP contribution in [0.25, 0.3) is 0 Å². The lowest BCUT2D eigenvalue weighted by molar-refractivity contribution is -0.954. The van der Waals surface area contributed by atoms with Gasteiger partial charge in [-0.2, -0.15) is 0 Å². The molecule has 0 bridgehead atoms. The lowest BCUT2D eigenvalue weighted by Crippen LogP contribution is -3.00. The normalized spacial score (nSPS) is 14.9. The van der Waals surface area contributed by atoms with E-state index in [0.717, 1.165) is 13.1 Å². The number of ether oxygens (including phenoxy) is 1. The molecule has 0 heterocycles. The lowest BCUT2D eigenvalue weighted by atomic mass is 10.1. The molecule has 0 fully saturated rings. The number of benzene rings is 1. The molecule has 4 heteroatoms. The molecule has 0 amide bonds. The first-order valence-corrected chi connectivity index (χ1v) is 6.14. The zero-order valence-electron chi connectivity index (χ0n) is 11.8. The highest BCUT2D eigenvalue weighted by atomic mass is 35.5. The lowest BCUT2D eigenvalue weighted by Gasteiger charge is -2.38. The Morgan fingerprint density at radius 1 is 1.42 bits per heavy atom. The summed E-state index contributed by atoms with van der Waals surface area (Å²) in [5, 5.41) is 0. The van der Waals surface area contributed by atoms with Crippen LogP contribution in [-0.2, 0) is 16.1 Å². The molecule has 1 rings (SSSR count). The summed E-state index contributed by atoms with van der Waals surface area (Å²) >= 11 is 0. The molecule has 0 aliphatic rings. The van der Waals surface area contributed by atoms with Crippen LogP contribution in [0.2, 0.25) is 0 Å². The maximum atomic E-state index is 11.9. The number of methoxy groups -OCH3 is 1. The average Bonchev–Trinajstić information content (AvgIpc) is 2.40. The first-order valence-electron chi connectivity index (χ1n) is 6.14. The van der Waals surface area contributed by atoms with Gasteiger partial charge >= 0.3 is 0 Å². The predicted octanol–water partition coefficient (Wildman–Crippen LogP) is -0.615. The number of hydrogen-bond acceptors (Lipinski definition) is 2. The maximum absolute atomic E-state index is 11.9. The van der Waals surface area contributed by atoms with Crippen LogP contribution in [0.4, 0.5) is 0 Å². The number of carbonyl (C=O) groups is 1. The predicted molar refractivity (Wildman–Crippen MR) is 72.9 cm³/mol. The summed E-state index contributed by atoms with van der Waals surface area (Å²) in [4.78, 5) is 11.9. The highest BCUT2D eigenvalue weighted by Crippen LogP contribution is 2.18. The van der Waals surface area contributed by atoms with Gasteiger partial charge in [-0.1, -0.05) is 36.9 Å². The third-order valence-electron chi connectivity index (χ3n) is 3.34. The number of hydrogen-bond donors (Lipinski definition) is 0. The van der Waals surface area contributed by atoms with Gasteiger partial charge in [0.15, 0.2) is 0 Å². The number of nitrogens with zero attached hydrogens (tertiary/aromatic N) is 1. The Kier molecular flexibility index (Phi) is 7.61. The topological polar surface area (TPSA) is 26.3 Å². The first-order chi connectivity index (χ1) is 8.57. The molecule has 0 aromatic heterocycles. The van der Waals surface area contributed by atoms with Crippen molar-refractivity contribution in [3.05, 3.63) is 48.6 Å². The number of quaternary nitrogens is 1. The third kappa shape index (κ3) is 4.46. The Morgan fingerprint density at radius 2 is 2.00 bits per heavy atom. The van der Waals surface area contributed by atoms with E-state index < -0.39 is 6.23 Å². The molecule has 2 unspecified atom stereocenters. The minimum atomic E-state index is -0.493. The molecule has 106 valence electrons. The average molecular weight is 284 g/mol. The highest BCUT2D eigenvalue weighted by molar-refractivity contribution is 5.91. The summed E-state index contributed by atoms with van der Waals surface area (Å²) in [6.07, 6.45) is 0.846. The molecule has 0 radical (unpaired) electrons. The van der Waals surface area contributed by atoms with E-state index in [4.69, 9.17) is 4.74 Å². The summed E-state index contributed by atoms with van der Waals surface area (Å²) in [5.41, 5.74) is 1.20. The van der Waals surface area contributed by atoms with Crippen LogP contribution >= 0.6 is 0 Å². The fourth-order valence-electron chi connectivity index (χ4n) is 2.14. The Labute approximate surface area is 121 Å². The second-order valence-electron chi connectivity index (χ2n) is 4.63. The fraction of sp³-hybridized carbons (Fsp3) is 0.400. The Balaban J connectivity index is 0.00000324. The second-order valence-corrected chi connectivity index (χ2v) is 4.63. The van der Waals surface area contributed by atoms with E-state index in [1.807, 2.05) is 25.2 Å². The number of ketones is 1. The molecule has 1 aromatic rings. The summed E-state index contributed by atoms with van der Waals surface area (Å²) in [5.74, 6) is -0.0715. The Morgan fingerprint density at radius 3 is 2.42 bits per heavy atom. The van der Waals surface area contributed by atoms with Crippen molar-refractivity contribution in [1.29, 1.82) is 0 Å². The van der Waals surface area contributed by atoms with E-state index in [9.17, 15) is 4.79 Å². The van der Waals surface area contributed by atoms with Crippen LogP contribution in [-0.4, -0.2) is 37.2 Å². The van der Waals surface area contributed by atoms with E-state index >= 15 is 0 Å². The number of likely N-dealkylation sites (N-methyl/N-ethyl adjacent to an activating group) is 1. The third-order valence-corrected chi connectivity index (χ3v) is 3.34. The highest BCUT2D eigenvalue weighted by Gasteiger charge is 2.35. The molecule has 0 spiro atoms. The SMILES string of the molecule is C=CC(=O)C(OC)[N+](C)(CC)Cc1ccccc1.[Cl-]. The minimum Gasteiger partial charge on any atom is -1.00 e. The molecule has 2 atom stereocenters. The van der Waals surface area contributed by atoms with Crippen LogP contribution in [0, 0.1) is 0 Å². The molecule has 1 aromatic carbocycles. The van der Waals surface area contributed by atoms with Crippen molar-refractivity contribution in [3.8, 4) is 0 Å². The van der Waals surface area contributed by atoms with Crippen LogP contribution in [0.15, 0.2) is 43.0 Å². The molecule has 0 saturated heterocycles. The molecule has 19 heavy (non-hydrogen) atoms. The van der Waals surface area contributed by atoms with Crippen molar-refractivity contribution in [2.75, 3.05) is 20.7 Å². The van der Waals surface area contributed by atoms with Gasteiger partial charge in [0, 0.05) is 12.7 Å². The van der Waals surface area contributed by atoms with Crippen molar-refractivity contribution in [2.45, 2.75) is 19.7 Å². The van der Waals surface area contributed by atoms with Crippen molar-refractivity contribution in [3.63, 3.8) is 0 Å². The summed E-state index contributed by atoms with van der Waals surface area (Å²) in [6, 6.07) is 10.1. The molecule has 0 aliphatic carbocycles. The molecule has 0 N–H and O–H groups in total. The summed E-state index contributed by atoms with van der Waals surface area (Å²) < 4.78 is 5.90. The summed E-state index contributed by atoms with van der Waals surface area (Å²) in [7, 11) is 3.60. The number of carbonyl (C=O) groups excluding carboxylic acids is 1. The van der Waals surface area contributed by atoms with Crippen LogP contribution in [0.1, 0.15) is 12.5 Å². The number of halogens is 1. The molecular weight excluding hydrogens is 262 g/mol. The van der Waals surface area contributed by atoms with E-state index in [1.54, 1.807) is 7.11 Å². The molecule has 3 nitrogen and oxygen atoms in total. The van der Waals surface area contributed by atoms with Gasteiger partial charge in [-0.15, -0.1) is 0 Å². The van der Waals surface area contributed by atoms with Crippen molar-refractivity contribution in [1.82, 2.24) is 0 Å². The Hall–Kier alpha value is -1.16. The van der Waals surface area contributed by atoms with Gasteiger partial charge in [0.1, 0.15) is 6.54 Å². The van der Waals surface area contributed by atoms with Crippen molar-refractivity contribution in [2.24, 2.45) is 0 Å². The van der Waals surface area contributed by atoms with Gasteiger partial charge in [-0.05, 0) is 13.0 Å². The maximum Gasteiger partial charge on any atom is 0.257 e. The molecule has 0 aliphatic heterocycles. The smallest absolute Gasteiger partial charge is 0.257 e. The molecular formula is C15H22ClNO2. The fourth-order valence-corrected chi connectivity index (χ4v) is 2.14. The van der Waals surface area contributed by atoms with Gasteiger partial charge < -0.3 is 17.1 Å². The first kappa shape index (κ1) is 17.8. The zero-order chi connectivity index (χ0) is 13.6. The van der Waals surface area contributed by atoms with E-state index in [1.165, 1.54) is 11.6 Å². The molecule has 0 saturated carbocycles. The van der Waals surface area contributed by atoms with Crippen LogP contribution in [0.3, 0.4) is 0 Å². The largest absolute Gasteiger partial charge is 1.00 e. The van der Waals surface area contributed by atoms with Crippen LogP contribution < -0.4 is 12.4 Å². The van der Waals surface area contributed by atoms with Gasteiger partial charge in [0.25, 0.3) is 6.23 Å². The number of rotatable bonds is 7. The van der Waals surface area contributed by atoms with Crippen molar-refractivity contribution >= 4 is 5.78 Å². The van der Waals surface area contributed by atoms with E-state index in [-0.39, 0.29) is 18.2 Å². The van der Waals surface area contributed by atoms with E-state index in [2.05, 4.69) is 25.6 Å². The van der Waals surface area contributed by atoms with Gasteiger partial charge in [-0.3, -0.25) is 9.28 Å². The quantitative estimate of drug-likeness (QED) is 0.379.